The van der Waals surface area contributed by atoms with Gasteiger partial charge in [0.15, 0.2) is 0 Å². The van der Waals surface area contributed by atoms with Gasteiger partial charge in [-0.1, -0.05) is 0 Å². The van der Waals surface area contributed by atoms with Gasteiger partial charge in [0.05, 0.1) is 0 Å². The molecule has 0 aromatic heterocycles. The van der Waals surface area contributed by atoms with Gasteiger partial charge in [-0.05, 0) is 0 Å². The third kappa shape index (κ3) is 1.84. The Hall–Kier alpha value is -2.71. The van der Waals surface area contributed by atoms with Crippen molar-refractivity contribution in [2.75, 3.05) is 0 Å². The van der Waals surface area contributed by atoms with Crippen LogP contribution in [0.3, 0.4) is 0 Å². The molecule has 0 saturated heterocycles. The van der Waals surface area contributed by atoms with Crippen molar-refractivity contribution in [3.8, 4) is 22.3 Å². The standard InChI is InChI=1S/C26H16BBr/c1-27-16-10-12-20-21-13-11-17(28)15-25(21)26(24(20)14-16)22-8-4-2-6-18(22)19-7-3-5-9-23(19)26/h2-15H,1H2. The summed E-state index contributed by atoms with van der Waals surface area (Å²) in [7, 11) is 0. The van der Waals surface area contributed by atoms with Crippen LogP contribution in [0.2, 0.25) is 0 Å². The van der Waals surface area contributed by atoms with Crippen LogP contribution in [-0.2, 0) is 5.41 Å². The second kappa shape index (κ2) is 5.65. The monoisotopic (exact) mass is 418 g/mol. The molecule has 6 rings (SSSR count). The molecule has 0 nitrogen and oxygen atoms in total. The molecule has 0 bridgehead atoms. The first-order valence-corrected chi connectivity index (χ1v) is 10.3. The molecule has 28 heavy (non-hydrogen) atoms. The van der Waals surface area contributed by atoms with Gasteiger partial charge in [-0.3, -0.25) is 0 Å². The zero-order valence-corrected chi connectivity index (χ0v) is 16.8. The molecule has 2 aliphatic rings. The summed E-state index contributed by atoms with van der Waals surface area (Å²) in [5, 5.41) is 0. The molecule has 1 spiro atoms. The molecule has 2 aliphatic carbocycles. The van der Waals surface area contributed by atoms with Crippen molar-refractivity contribution in [3.63, 3.8) is 0 Å². The first-order valence-electron chi connectivity index (χ1n) is 9.52. The van der Waals surface area contributed by atoms with Gasteiger partial charge in [-0.2, -0.15) is 0 Å². The summed E-state index contributed by atoms with van der Waals surface area (Å²) in [6.07, 6.45) is 0. The first kappa shape index (κ1) is 16.3. The maximum atomic E-state index is 4.02. The quantitative estimate of drug-likeness (QED) is 0.307. The molecule has 0 fully saturated rings. The SMILES string of the molecule is C=Bc1ccc2c(c1)C1(c3ccccc3-c3ccccc31)c1cc(Br)ccc1-2. The van der Waals surface area contributed by atoms with Crippen LogP contribution in [0.1, 0.15) is 22.3 Å². The van der Waals surface area contributed by atoms with Crippen molar-refractivity contribution >= 4 is 34.8 Å². The van der Waals surface area contributed by atoms with Crippen molar-refractivity contribution in [1.29, 1.82) is 0 Å². The van der Waals surface area contributed by atoms with Crippen molar-refractivity contribution in [2.24, 2.45) is 0 Å². The number of fused-ring (bicyclic) bond motifs is 10. The molecule has 130 valence electrons. The molecule has 0 aliphatic heterocycles. The number of benzene rings is 4. The van der Waals surface area contributed by atoms with Gasteiger partial charge in [-0.15, -0.1) is 0 Å². The van der Waals surface area contributed by atoms with Crippen molar-refractivity contribution in [1.82, 2.24) is 0 Å². The molecule has 0 N–H and O–H groups in total. The van der Waals surface area contributed by atoms with E-state index >= 15 is 0 Å². The van der Waals surface area contributed by atoms with Crippen LogP contribution in [0.15, 0.2) is 89.4 Å². The van der Waals surface area contributed by atoms with E-state index < -0.39 is 0 Å². The van der Waals surface area contributed by atoms with E-state index in [0.717, 1.165) is 9.94 Å². The average Bonchev–Trinajstić information content (AvgIpc) is 3.20. The summed E-state index contributed by atoms with van der Waals surface area (Å²) in [6, 6.07) is 31.2. The molecule has 2 heteroatoms. The average molecular weight is 419 g/mol. The summed E-state index contributed by atoms with van der Waals surface area (Å²) in [6.45, 7) is 5.96. The van der Waals surface area contributed by atoms with Gasteiger partial charge >= 0.3 is 174 Å². The number of hydrogen-bond donors (Lipinski definition) is 0. The van der Waals surface area contributed by atoms with E-state index in [0.29, 0.717) is 0 Å². The van der Waals surface area contributed by atoms with Crippen LogP contribution in [-0.4, -0.2) is 13.4 Å². The molecule has 0 heterocycles. The van der Waals surface area contributed by atoms with Crippen LogP contribution in [0.4, 0.5) is 0 Å². The van der Waals surface area contributed by atoms with Crippen LogP contribution in [0.25, 0.3) is 22.3 Å². The minimum absolute atomic E-state index is 0.277. The van der Waals surface area contributed by atoms with Gasteiger partial charge < -0.3 is 0 Å². The second-order valence-electron chi connectivity index (χ2n) is 7.54. The van der Waals surface area contributed by atoms with E-state index in [1.54, 1.807) is 0 Å². The van der Waals surface area contributed by atoms with E-state index in [-0.39, 0.29) is 5.41 Å². The van der Waals surface area contributed by atoms with Crippen LogP contribution in [0, 0.1) is 0 Å². The molecular weight excluding hydrogens is 403 g/mol. The molecule has 0 saturated carbocycles. The Balaban J connectivity index is 1.87. The predicted octanol–water partition coefficient (Wildman–Crippen LogP) is 5.55. The van der Waals surface area contributed by atoms with Crippen molar-refractivity contribution in [3.05, 3.63) is 112 Å². The Labute approximate surface area is 173 Å². The van der Waals surface area contributed by atoms with E-state index in [2.05, 4.69) is 107 Å². The Morgan fingerprint density at radius 3 is 1.79 bits per heavy atom. The molecule has 0 amide bonds. The topological polar surface area (TPSA) is 0 Å². The Morgan fingerprint density at radius 1 is 0.607 bits per heavy atom. The molecule has 0 atom stereocenters. The van der Waals surface area contributed by atoms with Gasteiger partial charge in [0.2, 0.25) is 0 Å². The molecule has 0 unspecified atom stereocenters. The summed E-state index contributed by atoms with van der Waals surface area (Å²) in [4.78, 5) is 0. The van der Waals surface area contributed by atoms with E-state index in [9.17, 15) is 0 Å². The summed E-state index contributed by atoms with van der Waals surface area (Å²) in [5.41, 5.74) is 11.6. The van der Waals surface area contributed by atoms with Crippen LogP contribution >= 0.6 is 15.9 Å². The third-order valence-electron chi connectivity index (χ3n) is 6.31. The van der Waals surface area contributed by atoms with Crippen molar-refractivity contribution < 1.29 is 0 Å². The molecule has 4 aromatic carbocycles. The number of rotatable bonds is 1. The van der Waals surface area contributed by atoms with Crippen LogP contribution in [0.5, 0.6) is 0 Å². The number of hydrogen-bond acceptors (Lipinski definition) is 0. The normalized spacial score (nSPS) is 14.2. The van der Waals surface area contributed by atoms with Crippen LogP contribution < -0.4 is 5.46 Å². The van der Waals surface area contributed by atoms with Gasteiger partial charge in [0.25, 0.3) is 0 Å². The zero-order valence-electron chi connectivity index (χ0n) is 15.2. The summed E-state index contributed by atoms with van der Waals surface area (Å²) >= 11 is 3.73. The predicted molar refractivity (Wildman–Crippen MR) is 123 cm³/mol. The molecule has 0 radical (unpaired) electrons. The fourth-order valence-electron chi connectivity index (χ4n) is 5.26. The van der Waals surface area contributed by atoms with Crippen molar-refractivity contribution in [2.45, 2.75) is 5.41 Å². The number of halogens is 1. The molecular formula is C26H16BBr. The Kier molecular flexibility index (Phi) is 3.28. The zero-order chi connectivity index (χ0) is 18.9. The second-order valence-corrected chi connectivity index (χ2v) is 8.46. The van der Waals surface area contributed by atoms with E-state index in [1.165, 1.54) is 44.5 Å². The van der Waals surface area contributed by atoms with Gasteiger partial charge in [0.1, 0.15) is 0 Å². The van der Waals surface area contributed by atoms with E-state index in [1.807, 2.05) is 6.92 Å². The summed E-state index contributed by atoms with van der Waals surface area (Å²) < 4.78 is 1.12. The third-order valence-corrected chi connectivity index (χ3v) is 6.80. The molecule has 4 aromatic rings. The van der Waals surface area contributed by atoms with Gasteiger partial charge in [0, 0.05) is 0 Å². The summed E-state index contributed by atoms with van der Waals surface area (Å²) in [5.74, 6) is 0. The van der Waals surface area contributed by atoms with Gasteiger partial charge in [-0.25, -0.2) is 0 Å². The first-order chi connectivity index (χ1) is 13.7. The fourth-order valence-corrected chi connectivity index (χ4v) is 5.62. The van der Waals surface area contributed by atoms with E-state index in [4.69, 9.17) is 0 Å². The Morgan fingerprint density at radius 2 is 1.14 bits per heavy atom. The maximum absolute atomic E-state index is 4.02. The Bertz CT molecular complexity index is 1260. The fraction of sp³-hybridized carbons (Fsp3) is 0.0385. The minimum atomic E-state index is -0.277.